The van der Waals surface area contributed by atoms with Gasteiger partial charge in [-0.15, -0.1) is 11.8 Å². The minimum absolute atomic E-state index is 0.142. The molecule has 1 aromatic carbocycles. The molecule has 1 unspecified atom stereocenters. The summed E-state index contributed by atoms with van der Waals surface area (Å²) in [4.78, 5) is 1.30. The van der Waals surface area contributed by atoms with Crippen molar-refractivity contribution in [3.63, 3.8) is 0 Å². The molecule has 0 aliphatic carbocycles. The predicted molar refractivity (Wildman–Crippen MR) is 75.4 cm³/mol. The van der Waals surface area contributed by atoms with E-state index in [9.17, 15) is 8.42 Å². The second-order valence-electron chi connectivity index (χ2n) is 4.45. The number of hydrogen-bond acceptors (Lipinski definition) is 4. The summed E-state index contributed by atoms with van der Waals surface area (Å²) in [5, 5.41) is 3.32. The van der Waals surface area contributed by atoms with Gasteiger partial charge >= 0.3 is 0 Å². The van der Waals surface area contributed by atoms with Gasteiger partial charge in [-0.1, -0.05) is 18.2 Å². The normalized spacial score (nSPS) is 19.2. The monoisotopic (exact) mass is 286 g/mol. The van der Waals surface area contributed by atoms with Crippen LogP contribution in [0.2, 0.25) is 0 Å². The highest BCUT2D eigenvalue weighted by Crippen LogP contribution is 2.37. The second kappa shape index (κ2) is 5.61. The lowest BCUT2D eigenvalue weighted by Crippen LogP contribution is -2.32. The van der Waals surface area contributed by atoms with Gasteiger partial charge in [0.25, 0.3) is 0 Å². The Bertz CT molecular complexity index is 515. The van der Waals surface area contributed by atoms with Crippen LogP contribution >= 0.6 is 11.8 Å². The summed E-state index contributed by atoms with van der Waals surface area (Å²) in [6.45, 7) is 0.486. The Balaban J connectivity index is 1.90. The molecule has 6 heteroatoms. The molecule has 0 saturated carbocycles. The molecule has 0 fully saturated rings. The summed E-state index contributed by atoms with van der Waals surface area (Å²) < 4.78 is 24.5. The SMILES string of the molecule is CN(C)S(=O)(=O)CCNC1CSc2ccccc21. The van der Waals surface area contributed by atoms with Gasteiger partial charge in [-0.05, 0) is 11.6 Å². The maximum atomic E-state index is 11.6. The van der Waals surface area contributed by atoms with Crippen molar-refractivity contribution in [1.29, 1.82) is 0 Å². The number of sulfonamides is 1. The number of benzene rings is 1. The Hall–Kier alpha value is -0.560. The number of fused-ring (bicyclic) bond motifs is 1. The highest BCUT2D eigenvalue weighted by molar-refractivity contribution is 7.99. The summed E-state index contributed by atoms with van der Waals surface area (Å²) in [7, 11) is 0.0278. The molecule has 4 nitrogen and oxygen atoms in total. The fraction of sp³-hybridized carbons (Fsp3) is 0.500. The number of thioether (sulfide) groups is 1. The maximum Gasteiger partial charge on any atom is 0.214 e. The molecular weight excluding hydrogens is 268 g/mol. The van der Waals surface area contributed by atoms with Crippen molar-refractivity contribution in [2.45, 2.75) is 10.9 Å². The van der Waals surface area contributed by atoms with Gasteiger partial charge in [0.2, 0.25) is 10.0 Å². The van der Waals surface area contributed by atoms with Crippen molar-refractivity contribution >= 4 is 21.8 Å². The van der Waals surface area contributed by atoms with Gasteiger partial charge in [-0.2, -0.15) is 0 Å². The molecule has 1 N–H and O–H groups in total. The van der Waals surface area contributed by atoms with Crippen LogP contribution in [0, 0.1) is 0 Å². The van der Waals surface area contributed by atoms with Crippen LogP contribution in [0.4, 0.5) is 0 Å². The largest absolute Gasteiger partial charge is 0.308 e. The summed E-state index contributed by atoms with van der Waals surface area (Å²) in [5.41, 5.74) is 1.28. The van der Waals surface area contributed by atoms with E-state index in [-0.39, 0.29) is 11.8 Å². The molecule has 1 aliphatic heterocycles. The van der Waals surface area contributed by atoms with Crippen molar-refractivity contribution in [2.24, 2.45) is 0 Å². The van der Waals surface area contributed by atoms with Crippen molar-refractivity contribution in [3.05, 3.63) is 29.8 Å². The van der Waals surface area contributed by atoms with Gasteiger partial charge in [0.05, 0.1) is 5.75 Å². The Morgan fingerprint density at radius 3 is 2.83 bits per heavy atom. The van der Waals surface area contributed by atoms with Gasteiger partial charge < -0.3 is 5.32 Å². The van der Waals surface area contributed by atoms with Crippen LogP contribution in [0.5, 0.6) is 0 Å². The van der Waals surface area contributed by atoms with E-state index in [4.69, 9.17) is 0 Å². The predicted octanol–water partition coefficient (Wildman–Crippen LogP) is 1.31. The zero-order chi connectivity index (χ0) is 13.2. The van der Waals surface area contributed by atoms with Crippen LogP contribution in [0.3, 0.4) is 0 Å². The van der Waals surface area contributed by atoms with E-state index in [0.29, 0.717) is 6.54 Å². The molecule has 1 heterocycles. The quantitative estimate of drug-likeness (QED) is 0.887. The van der Waals surface area contributed by atoms with Gasteiger partial charge in [0, 0.05) is 37.3 Å². The third kappa shape index (κ3) is 3.06. The molecule has 0 saturated heterocycles. The lowest BCUT2D eigenvalue weighted by molar-refractivity contribution is 0.513. The molecule has 18 heavy (non-hydrogen) atoms. The number of nitrogens with one attached hydrogen (secondary N) is 1. The van der Waals surface area contributed by atoms with Gasteiger partial charge in [0.1, 0.15) is 0 Å². The molecule has 0 amide bonds. The van der Waals surface area contributed by atoms with E-state index < -0.39 is 10.0 Å². The minimum Gasteiger partial charge on any atom is -0.308 e. The smallest absolute Gasteiger partial charge is 0.214 e. The van der Waals surface area contributed by atoms with E-state index in [1.165, 1.54) is 14.8 Å². The molecule has 1 aliphatic rings. The van der Waals surface area contributed by atoms with Gasteiger partial charge in [0.15, 0.2) is 0 Å². The van der Waals surface area contributed by atoms with E-state index >= 15 is 0 Å². The lowest BCUT2D eigenvalue weighted by atomic mass is 10.1. The zero-order valence-electron chi connectivity index (χ0n) is 10.6. The summed E-state index contributed by atoms with van der Waals surface area (Å²) >= 11 is 1.82. The topological polar surface area (TPSA) is 49.4 Å². The van der Waals surface area contributed by atoms with Crippen LogP contribution in [-0.4, -0.2) is 44.9 Å². The van der Waals surface area contributed by atoms with Crippen LogP contribution < -0.4 is 5.32 Å². The van der Waals surface area contributed by atoms with Gasteiger partial charge in [-0.25, -0.2) is 12.7 Å². The van der Waals surface area contributed by atoms with Crippen molar-refractivity contribution in [3.8, 4) is 0 Å². The van der Waals surface area contributed by atoms with E-state index in [1.54, 1.807) is 14.1 Å². The Labute approximate surface area is 113 Å². The van der Waals surface area contributed by atoms with E-state index in [1.807, 2.05) is 23.9 Å². The molecular formula is C12H18N2O2S2. The van der Waals surface area contributed by atoms with Crippen molar-refractivity contribution < 1.29 is 8.42 Å². The second-order valence-corrected chi connectivity index (χ2v) is 7.82. The summed E-state index contributed by atoms with van der Waals surface area (Å²) in [6.07, 6.45) is 0. The van der Waals surface area contributed by atoms with Crippen LogP contribution in [0.25, 0.3) is 0 Å². The molecule has 1 aromatic rings. The molecule has 100 valence electrons. The molecule has 0 bridgehead atoms. The highest BCUT2D eigenvalue weighted by Gasteiger charge is 2.22. The molecule has 0 radical (unpaired) electrons. The lowest BCUT2D eigenvalue weighted by Gasteiger charge is -2.15. The third-order valence-corrected chi connectivity index (χ3v) is 6.02. The highest BCUT2D eigenvalue weighted by atomic mass is 32.2. The van der Waals surface area contributed by atoms with Crippen LogP contribution in [0.15, 0.2) is 29.2 Å². The van der Waals surface area contributed by atoms with E-state index in [2.05, 4.69) is 17.4 Å². The van der Waals surface area contributed by atoms with Crippen molar-refractivity contribution in [1.82, 2.24) is 9.62 Å². The first-order valence-corrected chi connectivity index (χ1v) is 8.45. The number of hydrogen-bond donors (Lipinski definition) is 1. The maximum absolute atomic E-state index is 11.6. The molecule has 0 spiro atoms. The Morgan fingerprint density at radius 1 is 1.39 bits per heavy atom. The fourth-order valence-corrected chi connectivity index (χ4v) is 3.81. The average Bonchev–Trinajstić information content (AvgIpc) is 2.72. The molecule has 1 atom stereocenters. The fourth-order valence-electron chi connectivity index (χ4n) is 1.88. The van der Waals surface area contributed by atoms with Crippen LogP contribution in [-0.2, 0) is 10.0 Å². The number of rotatable bonds is 5. The first-order valence-electron chi connectivity index (χ1n) is 5.86. The Morgan fingerprint density at radius 2 is 2.11 bits per heavy atom. The molecule has 2 rings (SSSR count). The van der Waals surface area contributed by atoms with Crippen LogP contribution in [0.1, 0.15) is 11.6 Å². The first kappa shape index (κ1) is 13.9. The van der Waals surface area contributed by atoms with E-state index in [0.717, 1.165) is 5.75 Å². The zero-order valence-corrected chi connectivity index (χ0v) is 12.2. The molecule has 0 aromatic heterocycles. The summed E-state index contributed by atoms with van der Waals surface area (Å²) in [5.74, 6) is 1.12. The number of nitrogens with zero attached hydrogens (tertiary/aromatic N) is 1. The Kier molecular flexibility index (Phi) is 4.32. The first-order chi connectivity index (χ1) is 8.50. The standard InChI is InChI=1S/C12H18N2O2S2/c1-14(2)18(15,16)8-7-13-11-9-17-12-6-4-3-5-10(11)12/h3-6,11,13H,7-9H2,1-2H3. The summed E-state index contributed by atoms with van der Waals surface area (Å²) in [6, 6.07) is 8.54. The average molecular weight is 286 g/mol. The van der Waals surface area contributed by atoms with Gasteiger partial charge in [-0.3, -0.25) is 0 Å². The third-order valence-electron chi connectivity index (χ3n) is 3.01. The minimum atomic E-state index is -3.10. The van der Waals surface area contributed by atoms with Crippen molar-refractivity contribution in [2.75, 3.05) is 32.1 Å².